The van der Waals surface area contributed by atoms with Crippen LogP contribution in [-0.4, -0.2) is 22.8 Å². The van der Waals surface area contributed by atoms with Crippen LogP contribution in [0.3, 0.4) is 0 Å². The molecule has 4 N–H and O–H groups in total. The van der Waals surface area contributed by atoms with E-state index in [1.807, 2.05) is 6.07 Å². The standard InChI is InChI=1S/C13H18N4/c1-10(8-14)15-9-11-2-4-12(5-3-11)13-6-7-16-17-13/h2-7,10,15H,8-9,14H2,1H3,(H,16,17). The van der Waals surface area contributed by atoms with Gasteiger partial charge in [-0.2, -0.15) is 5.10 Å². The van der Waals surface area contributed by atoms with Crippen molar-refractivity contribution in [2.45, 2.75) is 19.5 Å². The lowest BCUT2D eigenvalue weighted by atomic mass is 10.1. The molecule has 0 amide bonds. The maximum absolute atomic E-state index is 5.55. The molecule has 90 valence electrons. The maximum atomic E-state index is 5.55. The predicted octanol–water partition coefficient (Wildman–Crippen LogP) is 1.51. The number of aromatic nitrogens is 2. The number of rotatable bonds is 5. The second-order valence-electron chi connectivity index (χ2n) is 4.18. The van der Waals surface area contributed by atoms with E-state index in [1.54, 1.807) is 6.20 Å². The number of aromatic amines is 1. The minimum absolute atomic E-state index is 0.349. The van der Waals surface area contributed by atoms with Gasteiger partial charge in [-0.15, -0.1) is 0 Å². The Labute approximate surface area is 101 Å². The van der Waals surface area contributed by atoms with Crippen molar-refractivity contribution in [3.05, 3.63) is 42.1 Å². The molecule has 2 rings (SSSR count). The highest BCUT2D eigenvalue weighted by molar-refractivity contribution is 5.58. The molecule has 0 aliphatic carbocycles. The Morgan fingerprint density at radius 2 is 2.06 bits per heavy atom. The van der Waals surface area contributed by atoms with E-state index in [4.69, 9.17) is 5.73 Å². The van der Waals surface area contributed by atoms with Crippen LogP contribution in [0.4, 0.5) is 0 Å². The quantitative estimate of drug-likeness (QED) is 0.729. The molecule has 0 aliphatic rings. The zero-order valence-corrected chi connectivity index (χ0v) is 9.98. The van der Waals surface area contributed by atoms with E-state index >= 15 is 0 Å². The maximum Gasteiger partial charge on any atom is 0.0650 e. The lowest BCUT2D eigenvalue weighted by molar-refractivity contribution is 0.556. The van der Waals surface area contributed by atoms with Crippen molar-refractivity contribution in [3.63, 3.8) is 0 Å². The van der Waals surface area contributed by atoms with Crippen LogP contribution in [0.15, 0.2) is 36.5 Å². The molecule has 4 nitrogen and oxygen atoms in total. The Morgan fingerprint density at radius 3 is 2.65 bits per heavy atom. The van der Waals surface area contributed by atoms with E-state index in [-0.39, 0.29) is 0 Å². The summed E-state index contributed by atoms with van der Waals surface area (Å²) in [5.74, 6) is 0. The summed E-state index contributed by atoms with van der Waals surface area (Å²) in [6.45, 7) is 3.59. The molecule has 4 heteroatoms. The Bertz CT molecular complexity index is 433. The third-order valence-electron chi connectivity index (χ3n) is 2.77. The molecule has 1 aromatic heterocycles. The van der Waals surface area contributed by atoms with Crippen LogP contribution in [0, 0.1) is 0 Å². The van der Waals surface area contributed by atoms with Gasteiger partial charge in [0, 0.05) is 25.3 Å². The van der Waals surface area contributed by atoms with Crippen LogP contribution in [0.2, 0.25) is 0 Å². The van der Waals surface area contributed by atoms with E-state index in [0.29, 0.717) is 12.6 Å². The monoisotopic (exact) mass is 230 g/mol. The lowest BCUT2D eigenvalue weighted by Gasteiger charge is -2.11. The smallest absolute Gasteiger partial charge is 0.0650 e. The minimum Gasteiger partial charge on any atom is -0.329 e. The molecule has 0 radical (unpaired) electrons. The van der Waals surface area contributed by atoms with Crippen molar-refractivity contribution in [3.8, 4) is 11.3 Å². The number of H-pyrrole nitrogens is 1. The van der Waals surface area contributed by atoms with Crippen LogP contribution in [-0.2, 0) is 6.54 Å². The normalized spacial score (nSPS) is 12.6. The molecule has 0 spiro atoms. The Balaban J connectivity index is 1.99. The Hall–Kier alpha value is -1.65. The molecule has 1 aromatic carbocycles. The molecule has 0 fully saturated rings. The molecular weight excluding hydrogens is 212 g/mol. The summed E-state index contributed by atoms with van der Waals surface area (Å²) in [5.41, 5.74) is 9.00. The van der Waals surface area contributed by atoms with Gasteiger partial charge in [0.05, 0.1) is 5.69 Å². The fraction of sp³-hybridized carbons (Fsp3) is 0.308. The van der Waals surface area contributed by atoms with Crippen LogP contribution in [0.25, 0.3) is 11.3 Å². The number of nitrogens with two attached hydrogens (primary N) is 1. The van der Waals surface area contributed by atoms with E-state index in [0.717, 1.165) is 17.8 Å². The minimum atomic E-state index is 0.349. The van der Waals surface area contributed by atoms with Crippen LogP contribution in [0.5, 0.6) is 0 Å². The van der Waals surface area contributed by atoms with Crippen molar-refractivity contribution in [1.82, 2.24) is 15.5 Å². The van der Waals surface area contributed by atoms with Gasteiger partial charge in [-0.05, 0) is 24.1 Å². The topological polar surface area (TPSA) is 66.7 Å². The second kappa shape index (κ2) is 5.61. The Kier molecular flexibility index (Phi) is 3.90. The molecule has 0 saturated heterocycles. The molecule has 0 bridgehead atoms. The van der Waals surface area contributed by atoms with Gasteiger partial charge in [0.2, 0.25) is 0 Å². The van der Waals surface area contributed by atoms with Crippen LogP contribution in [0.1, 0.15) is 12.5 Å². The fourth-order valence-electron chi connectivity index (χ4n) is 1.59. The first-order valence-electron chi connectivity index (χ1n) is 5.81. The summed E-state index contributed by atoms with van der Waals surface area (Å²) in [6, 6.07) is 10.7. The third-order valence-corrected chi connectivity index (χ3v) is 2.77. The number of nitrogens with zero attached hydrogens (tertiary/aromatic N) is 1. The molecular formula is C13H18N4. The largest absolute Gasteiger partial charge is 0.329 e. The summed E-state index contributed by atoms with van der Waals surface area (Å²) in [4.78, 5) is 0. The Morgan fingerprint density at radius 1 is 1.29 bits per heavy atom. The molecule has 2 aromatic rings. The van der Waals surface area contributed by atoms with Crippen molar-refractivity contribution in [2.75, 3.05) is 6.54 Å². The molecule has 1 unspecified atom stereocenters. The molecule has 17 heavy (non-hydrogen) atoms. The average Bonchev–Trinajstić information content (AvgIpc) is 2.90. The first-order chi connectivity index (χ1) is 8.29. The second-order valence-corrected chi connectivity index (χ2v) is 4.18. The summed E-state index contributed by atoms with van der Waals surface area (Å²) in [5, 5.41) is 10.2. The van der Waals surface area contributed by atoms with Gasteiger partial charge < -0.3 is 11.1 Å². The summed E-state index contributed by atoms with van der Waals surface area (Å²) < 4.78 is 0. The van der Waals surface area contributed by atoms with Crippen LogP contribution < -0.4 is 11.1 Å². The highest BCUT2D eigenvalue weighted by atomic mass is 15.1. The van der Waals surface area contributed by atoms with Gasteiger partial charge in [-0.1, -0.05) is 24.3 Å². The van der Waals surface area contributed by atoms with Crippen molar-refractivity contribution >= 4 is 0 Å². The average molecular weight is 230 g/mol. The number of hydrogen-bond donors (Lipinski definition) is 3. The van der Waals surface area contributed by atoms with Crippen LogP contribution >= 0.6 is 0 Å². The van der Waals surface area contributed by atoms with Crippen molar-refractivity contribution in [2.24, 2.45) is 5.73 Å². The third kappa shape index (κ3) is 3.15. The number of benzene rings is 1. The summed E-state index contributed by atoms with van der Waals surface area (Å²) in [6.07, 6.45) is 1.76. The molecule has 1 heterocycles. The number of nitrogens with one attached hydrogen (secondary N) is 2. The van der Waals surface area contributed by atoms with E-state index < -0.39 is 0 Å². The van der Waals surface area contributed by atoms with E-state index in [9.17, 15) is 0 Å². The fourth-order valence-corrected chi connectivity index (χ4v) is 1.59. The molecule has 0 aliphatic heterocycles. The van der Waals surface area contributed by atoms with Gasteiger partial charge in [-0.3, -0.25) is 5.10 Å². The van der Waals surface area contributed by atoms with Gasteiger partial charge >= 0.3 is 0 Å². The molecule has 1 atom stereocenters. The van der Waals surface area contributed by atoms with Gasteiger partial charge in [0.1, 0.15) is 0 Å². The zero-order valence-electron chi connectivity index (χ0n) is 9.98. The van der Waals surface area contributed by atoms with Gasteiger partial charge in [0.25, 0.3) is 0 Å². The van der Waals surface area contributed by atoms with Gasteiger partial charge in [-0.25, -0.2) is 0 Å². The summed E-state index contributed by atoms with van der Waals surface area (Å²) >= 11 is 0. The first-order valence-corrected chi connectivity index (χ1v) is 5.81. The van der Waals surface area contributed by atoms with Crippen molar-refractivity contribution in [1.29, 1.82) is 0 Å². The zero-order chi connectivity index (χ0) is 12.1. The van der Waals surface area contributed by atoms with E-state index in [2.05, 4.69) is 46.7 Å². The van der Waals surface area contributed by atoms with Gasteiger partial charge in [0.15, 0.2) is 0 Å². The van der Waals surface area contributed by atoms with Crippen molar-refractivity contribution < 1.29 is 0 Å². The predicted molar refractivity (Wildman–Crippen MR) is 69.4 cm³/mol. The lowest BCUT2D eigenvalue weighted by Crippen LogP contribution is -2.32. The molecule has 0 saturated carbocycles. The SMILES string of the molecule is CC(CN)NCc1ccc(-c2ccn[nH]2)cc1. The summed E-state index contributed by atoms with van der Waals surface area (Å²) in [7, 11) is 0. The number of hydrogen-bond acceptors (Lipinski definition) is 3. The first kappa shape index (κ1) is 11.8. The van der Waals surface area contributed by atoms with E-state index in [1.165, 1.54) is 5.56 Å². The highest BCUT2D eigenvalue weighted by Gasteiger charge is 2.00. The highest BCUT2D eigenvalue weighted by Crippen LogP contribution is 2.16.